The van der Waals surface area contributed by atoms with Crippen LogP contribution in [-0.4, -0.2) is 23.5 Å². The Morgan fingerprint density at radius 3 is 2.84 bits per heavy atom. The van der Waals surface area contributed by atoms with Gasteiger partial charge in [-0.2, -0.15) is 0 Å². The number of nitrogens with one attached hydrogen (secondary N) is 1. The molecule has 1 aliphatic carbocycles. The molecule has 2 aliphatic rings. The number of thioether (sulfide) groups is 1. The summed E-state index contributed by atoms with van der Waals surface area (Å²) < 4.78 is 0. The van der Waals surface area contributed by atoms with Crippen LogP contribution in [0.5, 0.6) is 0 Å². The van der Waals surface area contributed by atoms with Gasteiger partial charge in [0.2, 0.25) is 0 Å². The van der Waals surface area contributed by atoms with Crippen LogP contribution in [0.25, 0.3) is 0 Å². The van der Waals surface area contributed by atoms with Gasteiger partial charge >= 0.3 is 0 Å². The second-order valence-electron chi connectivity index (χ2n) is 5.61. The molecule has 0 amide bonds. The molecule has 19 heavy (non-hydrogen) atoms. The summed E-state index contributed by atoms with van der Waals surface area (Å²) in [6, 6.07) is 11.3. The van der Waals surface area contributed by atoms with Crippen molar-refractivity contribution in [2.45, 2.75) is 38.1 Å². The highest BCUT2D eigenvalue weighted by Crippen LogP contribution is 2.33. The van der Waals surface area contributed by atoms with Crippen molar-refractivity contribution in [3.8, 4) is 0 Å². The summed E-state index contributed by atoms with van der Waals surface area (Å²) in [5.41, 5.74) is 1.41. The Balaban J connectivity index is 1.40. The van der Waals surface area contributed by atoms with E-state index >= 15 is 0 Å². The number of hydrogen-bond acceptors (Lipinski definition) is 2. The van der Waals surface area contributed by atoms with Crippen molar-refractivity contribution >= 4 is 16.9 Å². The molecular formula is C16H22N2S. The van der Waals surface area contributed by atoms with E-state index in [1.165, 1.54) is 31.2 Å². The highest BCUT2D eigenvalue weighted by atomic mass is 32.2. The zero-order valence-corrected chi connectivity index (χ0v) is 12.2. The van der Waals surface area contributed by atoms with Gasteiger partial charge in [0, 0.05) is 18.3 Å². The molecule has 3 rings (SSSR count). The lowest BCUT2D eigenvalue weighted by Gasteiger charge is -2.09. The van der Waals surface area contributed by atoms with Crippen LogP contribution in [-0.2, 0) is 6.42 Å². The third-order valence-electron chi connectivity index (χ3n) is 3.80. The van der Waals surface area contributed by atoms with Gasteiger partial charge in [-0.3, -0.25) is 4.99 Å². The largest absolute Gasteiger partial charge is 0.361 e. The van der Waals surface area contributed by atoms with Gasteiger partial charge < -0.3 is 5.32 Å². The number of rotatable bonds is 6. The van der Waals surface area contributed by atoms with Gasteiger partial charge in [-0.05, 0) is 30.7 Å². The van der Waals surface area contributed by atoms with Crippen LogP contribution in [0.15, 0.2) is 35.3 Å². The first kappa shape index (κ1) is 13.0. The Labute approximate surface area is 120 Å². The van der Waals surface area contributed by atoms with E-state index in [4.69, 9.17) is 0 Å². The predicted molar refractivity (Wildman–Crippen MR) is 83.8 cm³/mol. The zero-order valence-electron chi connectivity index (χ0n) is 11.3. The summed E-state index contributed by atoms with van der Waals surface area (Å²) in [4.78, 5) is 4.68. The average molecular weight is 274 g/mol. The van der Waals surface area contributed by atoms with E-state index in [0.29, 0.717) is 6.04 Å². The Morgan fingerprint density at radius 1 is 1.21 bits per heavy atom. The molecule has 1 unspecified atom stereocenters. The van der Waals surface area contributed by atoms with E-state index in [1.807, 2.05) is 11.8 Å². The van der Waals surface area contributed by atoms with Crippen molar-refractivity contribution in [2.75, 3.05) is 12.3 Å². The summed E-state index contributed by atoms with van der Waals surface area (Å²) in [5, 5.41) is 4.72. The fourth-order valence-electron chi connectivity index (χ4n) is 2.50. The van der Waals surface area contributed by atoms with E-state index in [-0.39, 0.29) is 0 Å². The molecule has 3 heteroatoms. The SMILES string of the molecule is c1ccc(CC2CSC(=NCCCC3CC3)N2)cc1. The van der Waals surface area contributed by atoms with Crippen molar-refractivity contribution < 1.29 is 0 Å². The van der Waals surface area contributed by atoms with Crippen molar-refractivity contribution in [3.63, 3.8) is 0 Å². The van der Waals surface area contributed by atoms with Crippen molar-refractivity contribution in [2.24, 2.45) is 10.9 Å². The van der Waals surface area contributed by atoms with Gasteiger partial charge in [0.05, 0.1) is 0 Å². The highest BCUT2D eigenvalue weighted by molar-refractivity contribution is 8.14. The molecule has 0 aromatic heterocycles. The van der Waals surface area contributed by atoms with E-state index in [0.717, 1.165) is 29.8 Å². The molecule has 1 aromatic rings. The molecule has 2 fully saturated rings. The molecule has 1 heterocycles. The van der Waals surface area contributed by atoms with Crippen LogP contribution in [0.2, 0.25) is 0 Å². The van der Waals surface area contributed by atoms with Crippen LogP contribution in [0.4, 0.5) is 0 Å². The van der Waals surface area contributed by atoms with Gasteiger partial charge in [-0.15, -0.1) is 0 Å². The fourth-order valence-corrected chi connectivity index (χ4v) is 3.50. The molecule has 1 N–H and O–H groups in total. The molecular weight excluding hydrogens is 252 g/mol. The third kappa shape index (κ3) is 4.27. The Hall–Kier alpha value is -0.960. The number of nitrogens with zero attached hydrogens (tertiary/aromatic N) is 1. The van der Waals surface area contributed by atoms with Crippen LogP contribution in [0, 0.1) is 5.92 Å². The number of amidine groups is 1. The minimum Gasteiger partial charge on any atom is -0.361 e. The quantitative estimate of drug-likeness (QED) is 0.803. The maximum atomic E-state index is 4.68. The molecule has 102 valence electrons. The Kier molecular flexibility index (Phi) is 4.44. The monoisotopic (exact) mass is 274 g/mol. The number of aliphatic imine (C=N–C) groups is 1. The maximum absolute atomic E-state index is 4.68. The molecule has 1 saturated heterocycles. The molecule has 1 atom stereocenters. The highest BCUT2D eigenvalue weighted by Gasteiger charge is 2.21. The normalized spacial score (nSPS) is 24.6. The molecule has 0 radical (unpaired) electrons. The van der Waals surface area contributed by atoms with Gasteiger partial charge in [0.25, 0.3) is 0 Å². The topological polar surface area (TPSA) is 24.4 Å². The first-order valence-electron chi connectivity index (χ1n) is 7.38. The van der Waals surface area contributed by atoms with Crippen LogP contribution < -0.4 is 5.32 Å². The fraction of sp³-hybridized carbons (Fsp3) is 0.562. The van der Waals surface area contributed by atoms with Crippen molar-refractivity contribution in [1.82, 2.24) is 5.32 Å². The summed E-state index contributed by atoms with van der Waals surface area (Å²) in [7, 11) is 0. The minimum absolute atomic E-state index is 0.551. The van der Waals surface area contributed by atoms with Crippen LogP contribution in [0.1, 0.15) is 31.2 Å². The Bertz CT molecular complexity index is 426. The van der Waals surface area contributed by atoms with Crippen LogP contribution in [0.3, 0.4) is 0 Å². The molecule has 0 spiro atoms. The molecule has 1 aliphatic heterocycles. The summed E-state index contributed by atoms with van der Waals surface area (Å²) in [6.45, 7) is 1.00. The zero-order chi connectivity index (χ0) is 12.9. The van der Waals surface area contributed by atoms with Crippen molar-refractivity contribution in [1.29, 1.82) is 0 Å². The smallest absolute Gasteiger partial charge is 0.156 e. The van der Waals surface area contributed by atoms with Gasteiger partial charge in [0.1, 0.15) is 0 Å². The van der Waals surface area contributed by atoms with E-state index in [9.17, 15) is 0 Å². The summed E-state index contributed by atoms with van der Waals surface area (Å²) in [6.07, 6.45) is 6.68. The predicted octanol–water partition coefficient (Wildman–Crippen LogP) is 3.48. The van der Waals surface area contributed by atoms with E-state index < -0.39 is 0 Å². The van der Waals surface area contributed by atoms with Gasteiger partial charge in [-0.25, -0.2) is 0 Å². The first-order valence-corrected chi connectivity index (χ1v) is 8.36. The van der Waals surface area contributed by atoms with E-state index in [1.54, 1.807) is 0 Å². The Morgan fingerprint density at radius 2 is 2.05 bits per heavy atom. The molecule has 1 aromatic carbocycles. The van der Waals surface area contributed by atoms with Crippen LogP contribution >= 0.6 is 11.8 Å². The first-order chi connectivity index (χ1) is 9.40. The van der Waals surface area contributed by atoms with Gasteiger partial charge in [-0.1, -0.05) is 54.9 Å². The molecule has 0 bridgehead atoms. The lowest BCUT2D eigenvalue weighted by Crippen LogP contribution is -2.29. The average Bonchev–Trinajstić information content (AvgIpc) is 3.16. The van der Waals surface area contributed by atoms with Gasteiger partial charge in [0.15, 0.2) is 5.17 Å². The third-order valence-corrected chi connectivity index (χ3v) is 4.89. The number of benzene rings is 1. The second-order valence-corrected chi connectivity index (χ2v) is 6.62. The van der Waals surface area contributed by atoms with E-state index in [2.05, 4.69) is 40.6 Å². The van der Waals surface area contributed by atoms with Crippen molar-refractivity contribution in [3.05, 3.63) is 35.9 Å². The lowest BCUT2D eigenvalue weighted by molar-refractivity contribution is 0.666. The second kappa shape index (κ2) is 6.47. The molecule has 1 saturated carbocycles. The molecule has 2 nitrogen and oxygen atoms in total. The number of hydrogen-bond donors (Lipinski definition) is 1. The summed E-state index contributed by atoms with van der Waals surface area (Å²) in [5.74, 6) is 2.19. The summed E-state index contributed by atoms with van der Waals surface area (Å²) >= 11 is 1.88. The maximum Gasteiger partial charge on any atom is 0.156 e. The standard InChI is InChI=1S/C16H22N2S/c1-2-5-14(6-3-1)11-15-12-19-16(18-15)17-10-4-7-13-8-9-13/h1-3,5-6,13,15H,4,7-12H2,(H,17,18). The minimum atomic E-state index is 0.551. The lowest BCUT2D eigenvalue weighted by atomic mass is 10.1.